The first-order valence-electron chi connectivity index (χ1n) is 5.74. The van der Waals surface area contributed by atoms with Gasteiger partial charge >= 0.3 is 5.97 Å². The second-order valence-corrected chi connectivity index (χ2v) is 5.47. The number of carboxylic acids is 1. The molecule has 0 atom stereocenters. The van der Waals surface area contributed by atoms with Gasteiger partial charge in [0.15, 0.2) is 11.5 Å². The number of hydrogen-bond donors (Lipinski definition) is 2. The van der Waals surface area contributed by atoms with Crippen molar-refractivity contribution in [2.24, 2.45) is 0 Å². The molecule has 2 N–H and O–H groups in total. The molecule has 0 bridgehead atoms. The number of rotatable bonds is 3. The van der Waals surface area contributed by atoms with Crippen molar-refractivity contribution < 1.29 is 19.7 Å². The second-order valence-electron chi connectivity index (χ2n) is 4.68. The van der Waals surface area contributed by atoms with Gasteiger partial charge in [-0.15, -0.1) is 0 Å². The maximum atomic E-state index is 11.6. The molecule has 0 unspecified atom stereocenters. The molecule has 0 heterocycles. The maximum Gasteiger partial charge on any atom is 0.314 e. The molecule has 1 saturated carbocycles. The number of aryl methyl sites for hydroxylation is 1. The monoisotopic (exact) mass is 314 g/mol. The highest BCUT2D eigenvalue weighted by Gasteiger charge is 2.48. The van der Waals surface area contributed by atoms with Gasteiger partial charge in [-0.25, -0.2) is 0 Å². The number of halogens is 1. The Labute approximate surface area is 114 Å². The van der Waals surface area contributed by atoms with E-state index >= 15 is 0 Å². The number of methoxy groups -OCH3 is 1. The summed E-state index contributed by atoms with van der Waals surface area (Å²) in [6.45, 7) is 1.81. The Morgan fingerprint density at radius 3 is 2.50 bits per heavy atom. The zero-order chi connectivity index (χ0) is 13.5. The molecular formula is C13H15BrO4. The van der Waals surface area contributed by atoms with E-state index < -0.39 is 11.4 Å². The lowest BCUT2D eigenvalue weighted by Crippen LogP contribution is -2.43. The lowest BCUT2D eigenvalue weighted by Gasteiger charge is -2.40. The van der Waals surface area contributed by atoms with E-state index in [9.17, 15) is 15.0 Å². The number of phenolic OH excluding ortho intramolecular Hbond substituents is 1. The van der Waals surface area contributed by atoms with Crippen LogP contribution in [0.25, 0.3) is 0 Å². The van der Waals surface area contributed by atoms with Crippen molar-refractivity contribution in [3.05, 3.63) is 21.7 Å². The van der Waals surface area contributed by atoms with Crippen LogP contribution in [0.2, 0.25) is 0 Å². The van der Waals surface area contributed by atoms with Gasteiger partial charge < -0.3 is 14.9 Å². The normalized spacial score (nSPS) is 17.1. The minimum Gasteiger partial charge on any atom is -0.504 e. The van der Waals surface area contributed by atoms with Crippen LogP contribution in [0.1, 0.15) is 30.4 Å². The summed E-state index contributed by atoms with van der Waals surface area (Å²) in [5.74, 6) is -0.501. The van der Waals surface area contributed by atoms with Crippen LogP contribution in [-0.4, -0.2) is 23.3 Å². The van der Waals surface area contributed by atoms with Crippen molar-refractivity contribution in [2.75, 3.05) is 7.11 Å². The molecule has 0 aliphatic heterocycles. The topological polar surface area (TPSA) is 66.8 Å². The fourth-order valence-corrected chi connectivity index (χ4v) is 3.68. The first-order chi connectivity index (χ1) is 8.44. The highest BCUT2D eigenvalue weighted by atomic mass is 79.9. The molecule has 0 radical (unpaired) electrons. The summed E-state index contributed by atoms with van der Waals surface area (Å²) in [4.78, 5) is 11.6. The quantitative estimate of drug-likeness (QED) is 0.900. The lowest BCUT2D eigenvalue weighted by atomic mass is 9.63. The van der Waals surface area contributed by atoms with Gasteiger partial charge in [-0.05, 0) is 52.9 Å². The molecule has 0 saturated heterocycles. The summed E-state index contributed by atoms with van der Waals surface area (Å²) in [6.07, 6.45) is 2.15. The molecule has 1 aliphatic rings. The first-order valence-corrected chi connectivity index (χ1v) is 6.53. The number of carbonyl (C=O) groups is 1. The van der Waals surface area contributed by atoms with Crippen molar-refractivity contribution in [1.82, 2.24) is 0 Å². The Balaban J connectivity index is 2.67. The molecule has 0 amide bonds. The third-order valence-corrected chi connectivity index (χ3v) is 4.45. The van der Waals surface area contributed by atoms with Gasteiger partial charge in [0.1, 0.15) is 0 Å². The zero-order valence-corrected chi connectivity index (χ0v) is 11.9. The fraction of sp³-hybridized carbons (Fsp3) is 0.462. The van der Waals surface area contributed by atoms with Crippen molar-refractivity contribution in [2.45, 2.75) is 31.6 Å². The van der Waals surface area contributed by atoms with Gasteiger partial charge in [0, 0.05) is 0 Å². The molecule has 0 spiro atoms. The number of phenols is 1. The van der Waals surface area contributed by atoms with E-state index in [2.05, 4.69) is 15.9 Å². The average molecular weight is 315 g/mol. The minimum absolute atomic E-state index is 0.0190. The molecule has 98 valence electrons. The SMILES string of the molecule is COc1c(O)cc(C)c(C2(C(=O)O)CCC2)c1Br. The summed E-state index contributed by atoms with van der Waals surface area (Å²) in [6, 6.07) is 1.56. The summed E-state index contributed by atoms with van der Waals surface area (Å²) >= 11 is 3.37. The van der Waals surface area contributed by atoms with E-state index in [1.54, 1.807) is 6.07 Å². The Morgan fingerprint density at radius 1 is 1.50 bits per heavy atom. The zero-order valence-electron chi connectivity index (χ0n) is 10.3. The minimum atomic E-state index is -0.843. The van der Waals surface area contributed by atoms with Gasteiger partial charge in [-0.1, -0.05) is 6.42 Å². The van der Waals surface area contributed by atoms with E-state index in [0.717, 1.165) is 17.5 Å². The molecule has 1 aromatic rings. The molecular weight excluding hydrogens is 300 g/mol. The molecule has 4 nitrogen and oxygen atoms in total. The van der Waals surface area contributed by atoms with Gasteiger partial charge in [0.05, 0.1) is 17.0 Å². The molecule has 2 rings (SSSR count). The smallest absolute Gasteiger partial charge is 0.314 e. The predicted molar refractivity (Wildman–Crippen MR) is 70.3 cm³/mol. The van der Waals surface area contributed by atoms with Gasteiger partial charge in [-0.2, -0.15) is 0 Å². The highest BCUT2D eigenvalue weighted by molar-refractivity contribution is 9.10. The molecule has 0 aromatic heterocycles. The molecule has 5 heteroatoms. The third kappa shape index (κ3) is 1.68. The standard InChI is InChI=1S/C13H15BrO4/c1-7-6-8(15)11(18-2)10(14)9(7)13(12(16)17)4-3-5-13/h6,15H,3-5H2,1-2H3,(H,16,17). The van der Waals surface area contributed by atoms with E-state index in [1.807, 2.05) is 6.92 Å². The predicted octanol–water partition coefficient (Wildman–Crippen LogP) is 2.98. The average Bonchev–Trinajstić information content (AvgIpc) is 2.20. The molecule has 1 fully saturated rings. The van der Waals surface area contributed by atoms with Crippen molar-refractivity contribution in [3.8, 4) is 11.5 Å². The number of ether oxygens (including phenoxy) is 1. The van der Waals surface area contributed by atoms with Crippen molar-refractivity contribution in [3.63, 3.8) is 0 Å². The van der Waals surface area contributed by atoms with Crippen LogP contribution in [0.5, 0.6) is 11.5 Å². The second kappa shape index (κ2) is 4.46. The van der Waals surface area contributed by atoms with Gasteiger partial charge in [0.2, 0.25) is 0 Å². The third-order valence-electron chi connectivity index (χ3n) is 3.70. The molecule has 18 heavy (non-hydrogen) atoms. The number of hydrogen-bond acceptors (Lipinski definition) is 3. The maximum absolute atomic E-state index is 11.6. The Bertz CT molecular complexity index is 506. The number of benzene rings is 1. The Kier molecular flexibility index (Phi) is 3.27. The van der Waals surface area contributed by atoms with Crippen molar-refractivity contribution >= 4 is 21.9 Å². The van der Waals surface area contributed by atoms with Crippen LogP contribution >= 0.6 is 15.9 Å². The number of aliphatic carboxylic acids is 1. The summed E-state index contributed by atoms with van der Waals surface area (Å²) in [5.41, 5.74) is 0.641. The number of carboxylic acid groups (broad SMARTS) is 1. The van der Waals surface area contributed by atoms with Crippen LogP contribution in [0, 0.1) is 6.92 Å². The summed E-state index contributed by atoms with van der Waals surface area (Å²) < 4.78 is 5.67. The molecule has 1 aliphatic carbocycles. The van der Waals surface area contributed by atoms with Crippen LogP contribution in [0.3, 0.4) is 0 Å². The van der Waals surface area contributed by atoms with E-state index in [-0.39, 0.29) is 5.75 Å². The van der Waals surface area contributed by atoms with E-state index in [4.69, 9.17) is 4.74 Å². The Hall–Kier alpha value is -1.23. The summed E-state index contributed by atoms with van der Waals surface area (Å²) in [7, 11) is 1.45. The van der Waals surface area contributed by atoms with Gasteiger partial charge in [-0.3, -0.25) is 4.79 Å². The summed E-state index contributed by atoms with van der Waals surface area (Å²) in [5, 5.41) is 19.3. The van der Waals surface area contributed by atoms with Gasteiger partial charge in [0.25, 0.3) is 0 Å². The Morgan fingerprint density at radius 2 is 2.11 bits per heavy atom. The fourth-order valence-electron chi connectivity index (χ4n) is 2.62. The molecule has 1 aromatic carbocycles. The van der Waals surface area contributed by atoms with Crippen LogP contribution in [0.4, 0.5) is 0 Å². The highest BCUT2D eigenvalue weighted by Crippen LogP contribution is 2.51. The van der Waals surface area contributed by atoms with Crippen LogP contribution in [-0.2, 0) is 10.2 Å². The van der Waals surface area contributed by atoms with E-state index in [0.29, 0.717) is 23.1 Å². The van der Waals surface area contributed by atoms with Crippen molar-refractivity contribution in [1.29, 1.82) is 0 Å². The lowest BCUT2D eigenvalue weighted by molar-refractivity contribution is -0.147. The van der Waals surface area contributed by atoms with Crippen LogP contribution in [0.15, 0.2) is 10.5 Å². The number of aromatic hydroxyl groups is 1. The first kappa shape index (κ1) is 13.2. The van der Waals surface area contributed by atoms with Crippen LogP contribution < -0.4 is 4.74 Å². The largest absolute Gasteiger partial charge is 0.504 e. The van der Waals surface area contributed by atoms with E-state index in [1.165, 1.54) is 7.11 Å².